The van der Waals surface area contributed by atoms with Crippen LogP contribution in [0.25, 0.3) is 21.9 Å². The summed E-state index contributed by atoms with van der Waals surface area (Å²) >= 11 is 0. The zero-order valence-electron chi connectivity index (χ0n) is 7.57. The number of fused-ring (bicyclic) bond motifs is 2. The molecule has 0 fully saturated rings. The van der Waals surface area contributed by atoms with E-state index in [0.29, 0.717) is 5.58 Å². The SMILES string of the molecule is O=c1ccc2cc3ccoc3cc2o1.[Br-]. The van der Waals surface area contributed by atoms with Gasteiger partial charge in [0.2, 0.25) is 0 Å². The molecule has 1 aromatic carbocycles. The number of halogens is 1. The van der Waals surface area contributed by atoms with Gasteiger partial charge >= 0.3 is 5.63 Å². The van der Waals surface area contributed by atoms with E-state index in [1.165, 1.54) is 6.07 Å². The Labute approximate surface area is 95.1 Å². The van der Waals surface area contributed by atoms with Gasteiger partial charge in [0.15, 0.2) is 0 Å². The zero-order valence-corrected chi connectivity index (χ0v) is 9.15. The number of rotatable bonds is 0. The van der Waals surface area contributed by atoms with E-state index in [0.717, 1.165) is 16.4 Å². The fraction of sp³-hybridized carbons (Fsp3) is 0. The molecule has 0 spiro atoms. The van der Waals surface area contributed by atoms with Gasteiger partial charge in [-0.1, -0.05) is 0 Å². The molecule has 0 saturated carbocycles. The second kappa shape index (κ2) is 3.55. The predicted molar refractivity (Wildman–Crippen MR) is 52.3 cm³/mol. The minimum absolute atomic E-state index is 0. The van der Waals surface area contributed by atoms with E-state index >= 15 is 0 Å². The van der Waals surface area contributed by atoms with Crippen molar-refractivity contribution < 1.29 is 25.8 Å². The molecule has 2 aromatic heterocycles. The van der Waals surface area contributed by atoms with Crippen LogP contribution in [-0.2, 0) is 0 Å². The summed E-state index contributed by atoms with van der Waals surface area (Å²) in [5, 5.41) is 1.91. The lowest BCUT2D eigenvalue weighted by atomic mass is 10.2. The highest BCUT2D eigenvalue weighted by Gasteiger charge is 2.01. The molecule has 3 nitrogen and oxygen atoms in total. The average Bonchev–Trinajstić information content (AvgIpc) is 2.61. The van der Waals surface area contributed by atoms with Gasteiger partial charge in [-0.3, -0.25) is 0 Å². The van der Waals surface area contributed by atoms with Crippen molar-refractivity contribution in [1.29, 1.82) is 0 Å². The molecule has 0 atom stereocenters. The highest BCUT2D eigenvalue weighted by Crippen LogP contribution is 2.22. The minimum Gasteiger partial charge on any atom is -1.00 e. The van der Waals surface area contributed by atoms with E-state index in [4.69, 9.17) is 8.83 Å². The molecular weight excluding hydrogens is 260 g/mol. The predicted octanol–water partition coefficient (Wildman–Crippen LogP) is -0.457. The maximum atomic E-state index is 11.0. The lowest BCUT2D eigenvalue weighted by molar-refractivity contribution is -0.00000372. The third-order valence-electron chi connectivity index (χ3n) is 2.19. The van der Waals surface area contributed by atoms with Crippen molar-refractivity contribution in [1.82, 2.24) is 0 Å². The molecule has 3 aromatic rings. The summed E-state index contributed by atoms with van der Waals surface area (Å²) in [6.07, 6.45) is 1.61. The molecule has 4 heteroatoms. The highest BCUT2D eigenvalue weighted by molar-refractivity contribution is 5.92. The largest absolute Gasteiger partial charge is 1.00 e. The van der Waals surface area contributed by atoms with Crippen LogP contribution in [0.4, 0.5) is 0 Å². The molecule has 0 amide bonds. The van der Waals surface area contributed by atoms with Crippen LogP contribution in [-0.4, -0.2) is 0 Å². The number of hydrogen-bond donors (Lipinski definition) is 0. The van der Waals surface area contributed by atoms with Gasteiger partial charge in [0.1, 0.15) is 11.2 Å². The molecule has 15 heavy (non-hydrogen) atoms. The van der Waals surface area contributed by atoms with Gasteiger partial charge in [0, 0.05) is 22.9 Å². The third-order valence-corrected chi connectivity index (χ3v) is 2.19. The van der Waals surface area contributed by atoms with E-state index in [-0.39, 0.29) is 22.6 Å². The topological polar surface area (TPSA) is 43.4 Å². The fourth-order valence-electron chi connectivity index (χ4n) is 1.53. The first-order chi connectivity index (χ1) is 6.83. The Morgan fingerprint density at radius 1 is 0.933 bits per heavy atom. The van der Waals surface area contributed by atoms with Crippen molar-refractivity contribution in [3.63, 3.8) is 0 Å². The van der Waals surface area contributed by atoms with Crippen molar-refractivity contribution >= 4 is 21.9 Å². The zero-order chi connectivity index (χ0) is 9.54. The van der Waals surface area contributed by atoms with E-state index in [2.05, 4.69) is 0 Å². The standard InChI is InChI=1S/C11H6O3.BrH/c12-11-2-1-7-5-8-3-4-13-9(8)6-10(7)14-11;/h1-6H;1H/p-1. The first-order valence-electron chi connectivity index (χ1n) is 4.24. The summed E-state index contributed by atoms with van der Waals surface area (Å²) in [4.78, 5) is 11.0. The van der Waals surface area contributed by atoms with Crippen molar-refractivity contribution in [2.45, 2.75) is 0 Å². The lowest BCUT2D eigenvalue weighted by Gasteiger charge is -1.94. The van der Waals surface area contributed by atoms with Crippen LogP contribution in [0.2, 0.25) is 0 Å². The average molecular weight is 266 g/mol. The van der Waals surface area contributed by atoms with Gasteiger partial charge in [0.05, 0.1) is 6.26 Å². The molecule has 76 valence electrons. The maximum absolute atomic E-state index is 11.0. The van der Waals surface area contributed by atoms with Gasteiger partial charge < -0.3 is 25.8 Å². The van der Waals surface area contributed by atoms with E-state index in [1.807, 2.05) is 12.1 Å². The van der Waals surface area contributed by atoms with Gasteiger partial charge in [0.25, 0.3) is 0 Å². The smallest absolute Gasteiger partial charge is 0.336 e. The first-order valence-corrected chi connectivity index (χ1v) is 4.24. The van der Waals surface area contributed by atoms with Crippen LogP contribution >= 0.6 is 0 Å². The van der Waals surface area contributed by atoms with Crippen LogP contribution in [0.5, 0.6) is 0 Å². The highest BCUT2D eigenvalue weighted by atomic mass is 79.9. The molecular formula is C11H6BrO3-. The molecule has 0 aliphatic carbocycles. The van der Waals surface area contributed by atoms with Crippen LogP contribution in [0.3, 0.4) is 0 Å². The molecule has 3 rings (SSSR count). The van der Waals surface area contributed by atoms with Gasteiger partial charge in [-0.25, -0.2) is 4.79 Å². The summed E-state index contributed by atoms with van der Waals surface area (Å²) < 4.78 is 10.2. The minimum atomic E-state index is -0.344. The summed E-state index contributed by atoms with van der Waals surface area (Å²) in [6, 6.07) is 8.69. The van der Waals surface area contributed by atoms with Crippen LogP contribution < -0.4 is 22.6 Å². The summed E-state index contributed by atoms with van der Waals surface area (Å²) in [5.41, 5.74) is 0.940. The second-order valence-corrected chi connectivity index (χ2v) is 3.10. The van der Waals surface area contributed by atoms with Crippen LogP contribution in [0.15, 0.2) is 50.2 Å². The molecule has 2 heterocycles. The first kappa shape index (κ1) is 9.98. The molecule has 0 aliphatic heterocycles. The summed E-state index contributed by atoms with van der Waals surface area (Å²) in [7, 11) is 0. The van der Waals surface area contributed by atoms with E-state index in [9.17, 15) is 4.79 Å². The Morgan fingerprint density at radius 3 is 2.60 bits per heavy atom. The molecule has 0 unspecified atom stereocenters. The normalized spacial score (nSPS) is 10.4. The van der Waals surface area contributed by atoms with Crippen molar-refractivity contribution in [2.75, 3.05) is 0 Å². The van der Waals surface area contributed by atoms with E-state index < -0.39 is 0 Å². The van der Waals surface area contributed by atoms with Gasteiger partial charge in [-0.2, -0.15) is 0 Å². The van der Waals surface area contributed by atoms with E-state index in [1.54, 1.807) is 18.4 Å². The summed E-state index contributed by atoms with van der Waals surface area (Å²) in [6.45, 7) is 0. The molecule has 0 saturated heterocycles. The van der Waals surface area contributed by atoms with Crippen LogP contribution in [0, 0.1) is 0 Å². The lowest BCUT2D eigenvalue weighted by Crippen LogP contribution is -3.00. The number of furan rings is 1. The maximum Gasteiger partial charge on any atom is 0.336 e. The number of hydrogen-bond acceptors (Lipinski definition) is 3. The quantitative estimate of drug-likeness (QED) is 0.517. The molecule has 0 aliphatic rings. The second-order valence-electron chi connectivity index (χ2n) is 3.10. The van der Waals surface area contributed by atoms with Crippen molar-refractivity contribution in [3.05, 3.63) is 47.0 Å². The van der Waals surface area contributed by atoms with Crippen LogP contribution in [0.1, 0.15) is 0 Å². The van der Waals surface area contributed by atoms with Crippen molar-refractivity contribution in [3.8, 4) is 0 Å². The number of benzene rings is 1. The Morgan fingerprint density at radius 2 is 1.73 bits per heavy atom. The molecule has 0 bridgehead atoms. The van der Waals surface area contributed by atoms with Crippen molar-refractivity contribution in [2.24, 2.45) is 0 Å². The summed E-state index contributed by atoms with van der Waals surface area (Å²) in [5.74, 6) is 0. The fourth-order valence-corrected chi connectivity index (χ4v) is 1.53. The monoisotopic (exact) mass is 265 g/mol. The van der Waals surface area contributed by atoms with Gasteiger partial charge in [-0.15, -0.1) is 0 Å². The Kier molecular flexibility index (Phi) is 2.36. The Bertz CT molecular complexity index is 666. The molecule has 0 radical (unpaired) electrons. The Balaban J connectivity index is 0.000000853. The van der Waals surface area contributed by atoms with Gasteiger partial charge in [-0.05, 0) is 18.2 Å². The third kappa shape index (κ3) is 1.57. The molecule has 0 N–H and O–H groups in total. The Hall–Kier alpha value is -1.55.